The van der Waals surface area contributed by atoms with Gasteiger partial charge in [-0.1, -0.05) is 6.07 Å². The van der Waals surface area contributed by atoms with Crippen molar-refractivity contribution in [1.82, 2.24) is 0 Å². The molecule has 6 heteroatoms. The Bertz CT molecular complexity index is 408. The van der Waals surface area contributed by atoms with Crippen molar-refractivity contribution in [2.24, 2.45) is 0 Å². The zero-order chi connectivity index (χ0) is 14.1. The summed E-state index contributed by atoms with van der Waals surface area (Å²) in [7, 11) is 1.62. The lowest BCUT2D eigenvalue weighted by Gasteiger charge is -2.08. The van der Waals surface area contributed by atoms with Crippen molar-refractivity contribution in [2.75, 3.05) is 39.3 Å². The molecule has 0 amide bonds. The fourth-order valence-corrected chi connectivity index (χ4v) is 1.40. The minimum atomic E-state index is -0.620. The quantitative estimate of drug-likeness (QED) is 0.319. The summed E-state index contributed by atoms with van der Waals surface area (Å²) in [6.07, 6.45) is 0.792. The number of hydrogen-bond acceptors (Lipinski definition) is 6. The molecule has 3 N–H and O–H groups in total. The summed E-state index contributed by atoms with van der Waals surface area (Å²) in [5, 5.41) is 9.60. The van der Waals surface area contributed by atoms with Gasteiger partial charge in [-0.2, -0.15) is 0 Å². The van der Waals surface area contributed by atoms with E-state index in [2.05, 4.69) is 0 Å². The molecule has 1 aromatic carbocycles. The Labute approximate surface area is 112 Å². The van der Waals surface area contributed by atoms with Crippen molar-refractivity contribution in [3.05, 3.63) is 23.8 Å². The molecule has 0 saturated carbocycles. The van der Waals surface area contributed by atoms with E-state index in [1.54, 1.807) is 13.2 Å². The lowest BCUT2D eigenvalue weighted by molar-refractivity contribution is 0.0286. The van der Waals surface area contributed by atoms with Crippen LogP contribution in [0.25, 0.3) is 0 Å². The molecule has 106 valence electrons. The minimum absolute atomic E-state index is 0.0550. The van der Waals surface area contributed by atoms with Gasteiger partial charge in [0.1, 0.15) is 12.2 Å². The van der Waals surface area contributed by atoms with Crippen LogP contribution in [0, 0.1) is 0 Å². The molecule has 0 spiro atoms. The van der Waals surface area contributed by atoms with Crippen molar-refractivity contribution in [1.29, 1.82) is 0 Å². The largest absolute Gasteiger partial charge is 0.505 e. The van der Waals surface area contributed by atoms with Crippen LogP contribution in [0.4, 0.5) is 5.69 Å². The summed E-state index contributed by atoms with van der Waals surface area (Å²) in [6, 6.07) is 4.53. The molecular weight excluding hydrogens is 250 g/mol. The molecule has 0 heterocycles. The van der Waals surface area contributed by atoms with Crippen LogP contribution in [0.5, 0.6) is 5.75 Å². The van der Waals surface area contributed by atoms with Crippen molar-refractivity contribution < 1.29 is 24.1 Å². The topological polar surface area (TPSA) is 91.0 Å². The Morgan fingerprint density at radius 1 is 1.26 bits per heavy atom. The molecule has 6 nitrogen and oxygen atoms in total. The van der Waals surface area contributed by atoms with Crippen LogP contribution in [0.1, 0.15) is 16.8 Å². The second-order valence-electron chi connectivity index (χ2n) is 3.84. The van der Waals surface area contributed by atoms with Crippen molar-refractivity contribution >= 4 is 11.7 Å². The van der Waals surface area contributed by atoms with Gasteiger partial charge in [-0.05, 0) is 18.6 Å². The fraction of sp³-hybridized carbons (Fsp3) is 0.462. The molecule has 1 rings (SSSR count). The number of phenols is 1. The summed E-state index contributed by atoms with van der Waals surface area (Å²) in [4.78, 5) is 11.6. The third-order valence-corrected chi connectivity index (χ3v) is 2.39. The fourth-order valence-electron chi connectivity index (χ4n) is 1.40. The van der Waals surface area contributed by atoms with Crippen molar-refractivity contribution in [3.63, 3.8) is 0 Å². The normalized spacial score (nSPS) is 10.4. The maximum atomic E-state index is 11.6. The number of nitrogen functional groups attached to an aromatic ring is 1. The summed E-state index contributed by atoms with van der Waals surface area (Å²) in [5.74, 6) is -0.876. The summed E-state index contributed by atoms with van der Waals surface area (Å²) < 4.78 is 15.1. The predicted molar refractivity (Wildman–Crippen MR) is 70.1 cm³/mol. The average Bonchev–Trinajstić information content (AvgIpc) is 2.40. The smallest absolute Gasteiger partial charge is 0.342 e. The van der Waals surface area contributed by atoms with Gasteiger partial charge < -0.3 is 25.1 Å². The van der Waals surface area contributed by atoms with Gasteiger partial charge >= 0.3 is 5.97 Å². The number of ether oxygens (including phenoxy) is 3. The highest BCUT2D eigenvalue weighted by Crippen LogP contribution is 2.24. The number of carbonyl (C=O) groups excluding carboxylic acids is 1. The van der Waals surface area contributed by atoms with Crippen LogP contribution < -0.4 is 5.73 Å². The standard InChI is InChI=1S/C13H19NO5/c1-17-6-3-7-18-8-9-19-13(16)10-4-2-5-11(14)12(10)15/h2,4-5,15H,3,6-9,14H2,1H3. The first-order valence-corrected chi connectivity index (χ1v) is 5.98. The number of benzene rings is 1. The van der Waals surface area contributed by atoms with Crippen molar-refractivity contribution in [2.45, 2.75) is 6.42 Å². The zero-order valence-electron chi connectivity index (χ0n) is 10.9. The first kappa shape index (κ1) is 15.3. The lowest BCUT2D eigenvalue weighted by atomic mass is 10.2. The molecule has 0 bridgehead atoms. The molecule has 0 unspecified atom stereocenters. The van der Waals surface area contributed by atoms with E-state index >= 15 is 0 Å². The molecule has 19 heavy (non-hydrogen) atoms. The monoisotopic (exact) mass is 269 g/mol. The van der Waals surface area contributed by atoms with Gasteiger partial charge in [0.05, 0.1) is 12.3 Å². The van der Waals surface area contributed by atoms with Gasteiger partial charge in [0.25, 0.3) is 0 Å². The van der Waals surface area contributed by atoms with Crippen LogP contribution in [-0.2, 0) is 14.2 Å². The maximum Gasteiger partial charge on any atom is 0.342 e. The SMILES string of the molecule is COCCCOCCOC(=O)c1cccc(N)c1O. The number of anilines is 1. The van der Waals surface area contributed by atoms with E-state index in [4.69, 9.17) is 19.9 Å². The van der Waals surface area contributed by atoms with E-state index in [0.29, 0.717) is 19.8 Å². The average molecular weight is 269 g/mol. The molecular formula is C13H19NO5. The number of phenolic OH excluding ortho intramolecular Hbond substituents is 1. The van der Waals surface area contributed by atoms with Gasteiger partial charge in [0.2, 0.25) is 0 Å². The van der Waals surface area contributed by atoms with Gasteiger partial charge in [0.15, 0.2) is 5.75 Å². The van der Waals surface area contributed by atoms with E-state index in [1.807, 2.05) is 0 Å². The number of carbonyl (C=O) groups is 1. The Morgan fingerprint density at radius 2 is 2.05 bits per heavy atom. The Morgan fingerprint density at radius 3 is 2.79 bits per heavy atom. The Hall–Kier alpha value is -1.79. The second-order valence-corrected chi connectivity index (χ2v) is 3.84. The highest BCUT2D eigenvalue weighted by molar-refractivity contribution is 5.94. The van der Waals surface area contributed by atoms with E-state index < -0.39 is 5.97 Å². The maximum absolute atomic E-state index is 11.6. The van der Waals surface area contributed by atoms with Crippen LogP contribution in [0.2, 0.25) is 0 Å². The molecule has 0 aliphatic rings. The van der Waals surface area contributed by atoms with Crippen molar-refractivity contribution in [3.8, 4) is 5.75 Å². The van der Waals surface area contributed by atoms with E-state index in [0.717, 1.165) is 6.42 Å². The molecule has 0 saturated heterocycles. The van der Waals surface area contributed by atoms with Crippen LogP contribution in [-0.4, -0.2) is 44.6 Å². The lowest BCUT2D eigenvalue weighted by Crippen LogP contribution is -2.12. The third kappa shape index (κ3) is 5.15. The number of rotatable bonds is 8. The molecule has 1 aromatic rings. The van der Waals surface area contributed by atoms with Crippen LogP contribution in [0.15, 0.2) is 18.2 Å². The summed E-state index contributed by atoms with van der Waals surface area (Å²) in [5.41, 5.74) is 5.69. The first-order valence-electron chi connectivity index (χ1n) is 5.98. The van der Waals surface area contributed by atoms with Gasteiger partial charge in [0, 0.05) is 20.3 Å². The highest BCUT2D eigenvalue weighted by atomic mass is 16.6. The van der Waals surface area contributed by atoms with E-state index in [1.165, 1.54) is 12.1 Å². The van der Waals surface area contributed by atoms with E-state index in [-0.39, 0.29) is 23.6 Å². The molecule has 0 aliphatic heterocycles. The molecule has 0 aromatic heterocycles. The third-order valence-electron chi connectivity index (χ3n) is 2.39. The molecule has 0 radical (unpaired) electrons. The number of para-hydroxylation sites is 1. The predicted octanol–water partition coefficient (Wildman–Crippen LogP) is 1.18. The number of nitrogens with two attached hydrogens (primary N) is 1. The number of hydrogen-bond donors (Lipinski definition) is 2. The highest BCUT2D eigenvalue weighted by Gasteiger charge is 2.13. The minimum Gasteiger partial charge on any atom is -0.505 e. The first-order chi connectivity index (χ1) is 9.16. The Kier molecular flexibility index (Phi) is 6.70. The second kappa shape index (κ2) is 8.34. The zero-order valence-corrected chi connectivity index (χ0v) is 10.9. The van der Waals surface area contributed by atoms with Crippen LogP contribution >= 0.6 is 0 Å². The molecule has 0 fully saturated rings. The molecule has 0 atom stereocenters. The van der Waals surface area contributed by atoms with Gasteiger partial charge in [-0.3, -0.25) is 0 Å². The van der Waals surface area contributed by atoms with Gasteiger partial charge in [-0.15, -0.1) is 0 Å². The summed E-state index contributed by atoms with van der Waals surface area (Å²) in [6.45, 7) is 1.62. The van der Waals surface area contributed by atoms with E-state index in [9.17, 15) is 9.90 Å². The number of aromatic hydroxyl groups is 1. The number of methoxy groups -OCH3 is 1. The van der Waals surface area contributed by atoms with Gasteiger partial charge in [-0.25, -0.2) is 4.79 Å². The molecule has 0 aliphatic carbocycles. The number of esters is 1. The summed E-state index contributed by atoms with van der Waals surface area (Å²) >= 11 is 0. The Balaban J connectivity index is 2.26. The van der Waals surface area contributed by atoms with Crippen LogP contribution in [0.3, 0.4) is 0 Å².